The Morgan fingerprint density at radius 2 is 1.93 bits per heavy atom. The lowest BCUT2D eigenvalue weighted by atomic mass is 10.0. The zero-order chi connectivity index (χ0) is 18.7. The molecule has 0 saturated carbocycles. The fraction of sp³-hybridized carbons (Fsp3) is 0.556. The van der Waals surface area contributed by atoms with Crippen molar-refractivity contribution in [3.05, 3.63) is 35.8 Å². The van der Waals surface area contributed by atoms with Gasteiger partial charge in [0.1, 0.15) is 6.04 Å². The molecule has 1 atom stereocenters. The average molecular weight is 430 g/mol. The highest BCUT2D eigenvalue weighted by Gasteiger charge is 2.30. The molecule has 3 heterocycles. The SMILES string of the molecule is CNC(C(=O)N1CCC(N(C)c2ccc(C)nn2)CC1)c1cnn(C)c1.Cl.Cl. The number of likely N-dealkylation sites (tertiary alicyclic amines) is 1. The number of halogens is 2. The third-order valence-corrected chi connectivity index (χ3v) is 5.06. The smallest absolute Gasteiger partial charge is 0.244 e. The fourth-order valence-corrected chi connectivity index (χ4v) is 3.45. The first-order valence-corrected chi connectivity index (χ1v) is 8.97. The van der Waals surface area contributed by atoms with E-state index in [2.05, 4.69) is 25.5 Å². The van der Waals surface area contributed by atoms with Crippen LogP contribution in [0.2, 0.25) is 0 Å². The molecule has 28 heavy (non-hydrogen) atoms. The van der Waals surface area contributed by atoms with Gasteiger partial charge in [-0.1, -0.05) is 0 Å². The van der Waals surface area contributed by atoms with Crippen LogP contribution >= 0.6 is 24.8 Å². The summed E-state index contributed by atoms with van der Waals surface area (Å²) in [5, 5.41) is 15.7. The molecule has 0 aliphatic carbocycles. The van der Waals surface area contributed by atoms with Crippen molar-refractivity contribution in [3.8, 4) is 0 Å². The molecule has 2 aromatic rings. The number of nitrogens with zero attached hydrogens (tertiary/aromatic N) is 6. The van der Waals surface area contributed by atoms with E-state index in [1.54, 1.807) is 10.9 Å². The molecular formula is C18H29Cl2N7O. The number of hydrogen-bond donors (Lipinski definition) is 1. The van der Waals surface area contributed by atoms with Gasteiger partial charge in [0.2, 0.25) is 5.91 Å². The molecule has 10 heteroatoms. The molecule has 0 bridgehead atoms. The Morgan fingerprint density at radius 3 is 2.43 bits per heavy atom. The predicted octanol–water partition coefficient (Wildman–Crippen LogP) is 1.75. The third kappa shape index (κ3) is 5.33. The summed E-state index contributed by atoms with van der Waals surface area (Å²) >= 11 is 0. The molecule has 3 rings (SSSR count). The van der Waals surface area contributed by atoms with Crippen molar-refractivity contribution in [1.29, 1.82) is 0 Å². The zero-order valence-corrected chi connectivity index (χ0v) is 18.3. The van der Waals surface area contributed by atoms with E-state index in [9.17, 15) is 4.79 Å². The number of carbonyl (C=O) groups excluding carboxylic acids is 1. The molecule has 8 nitrogen and oxygen atoms in total. The van der Waals surface area contributed by atoms with Gasteiger partial charge in [0.15, 0.2) is 5.82 Å². The number of likely N-dealkylation sites (N-methyl/N-ethyl adjacent to an activating group) is 1. The van der Waals surface area contributed by atoms with Crippen LogP contribution in [0, 0.1) is 6.92 Å². The predicted molar refractivity (Wildman–Crippen MR) is 114 cm³/mol. The molecule has 1 aliphatic rings. The lowest BCUT2D eigenvalue weighted by Crippen LogP contribution is -2.48. The second kappa shape index (κ2) is 10.6. The number of carbonyl (C=O) groups is 1. The minimum Gasteiger partial charge on any atom is -0.355 e. The largest absolute Gasteiger partial charge is 0.355 e. The monoisotopic (exact) mass is 429 g/mol. The van der Waals surface area contributed by atoms with E-state index in [0.717, 1.165) is 43.0 Å². The Morgan fingerprint density at radius 1 is 1.25 bits per heavy atom. The highest BCUT2D eigenvalue weighted by molar-refractivity contribution is 5.85. The van der Waals surface area contributed by atoms with Crippen molar-refractivity contribution < 1.29 is 4.79 Å². The van der Waals surface area contributed by atoms with E-state index in [0.29, 0.717) is 6.04 Å². The van der Waals surface area contributed by atoms with Crippen molar-refractivity contribution in [2.24, 2.45) is 7.05 Å². The van der Waals surface area contributed by atoms with Gasteiger partial charge in [-0.25, -0.2) is 0 Å². The third-order valence-electron chi connectivity index (χ3n) is 5.06. The maximum absolute atomic E-state index is 12.9. The lowest BCUT2D eigenvalue weighted by molar-refractivity contribution is -0.134. The summed E-state index contributed by atoms with van der Waals surface area (Å²) in [6, 6.07) is 3.99. The zero-order valence-electron chi connectivity index (χ0n) is 16.7. The van der Waals surface area contributed by atoms with E-state index >= 15 is 0 Å². The Hall–Kier alpha value is -1.90. The summed E-state index contributed by atoms with van der Waals surface area (Å²) in [6.07, 6.45) is 5.47. The first-order valence-electron chi connectivity index (χ1n) is 8.97. The second-order valence-corrected chi connectivity index (χ2v) is 6.87. The van der Waals surface area contributed by atoms with Gasteiger partial charge < -0.3 is 15.1 Å². The van der Waals surface area contributed by atoms with Gasteiger partial charge >= 0.3 is 0 Å². The number of aryl methyl sites for hydroxylation is 2. The van der Waals surface area contributed by atoms with E-state index in [1.807, 2.05) is 51.3 Å². The quantitative estimate of drug-likeness (QED) is 0.779. The Labute approximate surface area is 178 Å². The highest BCUT2D eigenvalue weighted by atomic mass is 35.5. The minimum absolute atomic E-state index is 0. The average Bonchev–Trinajstić information content (AvgIpc) is 3.08. The first-order chi connectivity index (χ1) is 12.5. The Balaban J connectivity index is 0.00000196. The van der Waals surface area contributed by atoms with Gasteiger partial charge in [0, 0.05) is 45.0 Å². The van der Waals surface area contributed by atoms with Gasteiger partial charge in [-0.15, -0.1) is 29.9 Å². The van der Waals surface area contributed by atoms with Crippen LogP contribution < -0.4 is 10.2 Å². The van der Waals surface area contributed by atoms with Crippen molar-refractivity contribution in [1.82, 2.24) is 30.2 Å². The number of aromatic nitrogens is 4. The van der Waals surface area contributed by atoms with Crippen LogP contribution in [-0.4, -0.2) is 64.0 Å². The molecule has 0 radical (unpaired) electrons. The fourth-order valence-electron chi connectivity index (χ4n) is 3.45. The van der Waals surface area contributed by atoms with Crippen LogP contribution in [0.4, 0.5) is 5.82 Å². The maximum Gasteiger partial charge on any atom is 0.244 e. The standard InChI is InChI=1S/C18H27N7O.2ClH/c1-13-5-6-16(22-21-13)24(4)15-7-9-25(10-8-15)18(26)17(19-2)14-11-20-23(3)12-14;;/h5-6,11-12,15,17,19H,7-10H2,1-4H3;2*1H. The van der Waals surface area contributed by atoms with Crippen LogP contribution in [0.25, 0.3) is 0 Å². The number of piperidine rings is 1. The number of amides is 1. The van der Waals surface area contributed by atoms with E-state index < -0.39 is 0 Å². The van der Waals surface area contributed by atoms with Crippen molar-refractivity contribution in [2.45, 2.75) is 31.8 Å². The summed E-state index contributed by atoms with van der Waals surface area (Å²) in [5.74, 6) is 0.987. The number of rotatable bonds is 5. The van der Waals surface area contributed by atoms with Crippen molar-refractivity contribution >= 4 is 36.5 Å². The Bertz CT molecular complexity index is 745. The van der Waals surface area contributed by atoms with Gasteiger partial charge in [-0.3, -0.25) is 9.48 Å². The van der Waals surface area contributed by atoms with Crippen LogP contribution in [0.3, 0.4) is 0 Å². The van der Waals surface area contributed by atoms with E-state index in [-0.39, 0.29) is 36.8 Å². The van der Waals surface area contributed by atoms with Crippen LogP contribution in [0.15, 0.2) is 24.5 Å². The summed E-state index contributed by atoms with van der Waals surface area (Å²) in [6.45, 7) is 3.42. The molecule has 1 fully saturated rings. The first kappa shape index (κ1) is 24.1. The normalized spacial score (nSPS) is 15.4. The topological polar surface area (TPSA) is 79.2 Å². The number of anilines is 1. The van der Waals surface area contributed by atoms with Gasteiger partial charge in [-0.05, 0) is 38.9 Å². The molecule has 2 aromatic heterocycles. The molecule has 156 valence electrons. The van der Waals surface area contributed by atoms with Crippen molar-refractivity contribution in [3.63, 3.8) is 0 Å². The molecule has 1 aliphatic heterocycles. The molecule has 1 amide bonds. The number of nitrogens with one attached hydrogen (secondary N) is 1. The van der Waals surface area contributed by atoms with Crippen LogP contribution in [0.5, 0.6) is 0 Å². The van der Waals surface area contributed by atoms with Gasteiger partial charge in [0.25, 0.3) is 0 Å². The highest BCUT2D eigenvalue weighted by Crippen LogP contribution is 2.23. The molecule has 0 spiro atoms. The molecular weight excluding hydrogens is 401 g/mol. The molecule has 1 N–H and O–H groups in total. The summed E-state index contributed by atoms with van der Waals surface area (Å²) in [4.78, 5) is 17.0. The molecule has 0 aromatic carbocycles. The number of hydrogen-bond acceptors (Lipinski definition) is 6. The molecule has 1 unspecified atom stereocenters. The van der Waals surface area contributed by atoms with Crippen molar-refractivity contribution in [2.75, 3.05) is 32.1 Å². The van der Waals surface area contributed by atoms with E-state index in [1.165, 1.54) is 0 Å². The summed E-state index contributed by atoms with van der Waals surface area (Å²) in [7, 11) is 5.72. The van der Waals surface area contributed by atoms with Gasteiger partial charge in [0.05, 0.1) is 11.9 Å². The molecule has 1 saturated heterocycles. The summed E-state index contributed by atoms with van der Waals surface area (Å²) in [5.41, 5.74) is 1.81. The summed E-state index contributed by atoms with van der Waals surface area (Å²) < 4.78 is 1.72. The van der Waals surface area contributed by atoms with Gasteiger partial charge in [-0.2, -0.15) is 10.2 Å². The maximum atomic E-state index is 12.9. The second-order valence-electron chi connectivity index (χ2n) is 6.87. The van der Waals surface area contributed by atoms with E-state index in [4.69, 9.17) is 0 Å². The Kier molecular flexibility index (Phi) is 9.13. The minimum atomic E-state index is -0.346. The van der Waals surface area contributed by atoms with Crippen LogP contribution in [-0.2, 0) is 11.8 Å². The van der Waals surface area contributed by atoms with Crippen LogP contribution in [0.1, 0.15) is 30.1 Å². The lowest BCUT2D eigenvalue weighted by Gasteiger charge is -2.38.